The SMILES string of the molecule is CCCCC1C(=O)OC(C)C(O)C=C/C=C\C=CC=C/C=C(/C)C(O)CC(O)CC(O)CC(O)CC(O)CC(O)CC1O. The molecule has 10 heteroatoms. The minimum Gasteiger partial charge on any atom is -0.459 e. The second kappa shape index (κ2) is 21.5. The number of allylic oxidation sites excluding steroid dienone is 8. The Morgan fingerprint density at radius 2 is 1.16 bits per heavy atom. The van der Waals surface area contributed by atoms with Crippen molar-refractivity contribution in [3.8, 4) is 0 Å². The first-order chi connectivity index (χ1) is 20.3. The number of carbonyl (C=O) groups excluding carboxylic acids is 1. The monoisotopic (exact) mass is 610 g/mol. The first-order valence-corrected chi connectivity index (χ1v) is 15.3. The molecule has 0 fully saturated rings. The van der Waals surface area contributed by atoms with Gasteiger partial charge in [-0.2, -0.15) is 0 Å². The molecule has 0 amide bonds. The summed E-state index contributed by atoms with van der Waals surface area (Å²) in [5.74, 6) is -1.62. The molecule has 10 atom stereocenters. The van der Waals surface area contributed by atoms with E-state index in [1.165, 1.54) is 6.08 Å². The van der Waals surface area contributed by atoms with Crippen LogP contribution in [0.3, 0.4) is 0 Å². The third-order valence-corrected chi connectivity index (χ3v) is 7.46. The first kappa shape index (κ1) is 38.9. The maximum atomic E-state index is 12.9. The van der Waals surface area contributed by atoms with E-state index in [0.29, 0.717) is 18.4 Å². The van der Waals surface area contributed by atoms with E-state index >= 15 is 0 Å². The van der Waals surface area contributed by atoms with Crippen molar-refractivity contribution in [3.05, 3.63) is 60.3 Å². The van der Waals surface area contributed by atoms with Gasteiger partial charge in [-0.3, -0.25) is 4.79 Å². The molecule has 246 valence electrons. The van der Waals surface area contributed by atoms with Crippen LogP contribution in [0, 0.1) is 5.92 Å². The lowest BCUT2D eigenvalue weighted by Crippen LogP contribution is -2.37. The summed E-state index contributed by atoms with van der Waals surface area (Å²) in [5.41, 5.74) is 0.622. The van der Waals surface area contributed by atoms with Crippen LogP contribution in [-0.4, -0.2) is 102 Å². The zero-order chi connectivity index (χ0) is 32.4. The van der Waals surface area contributed by atoms with E-state index in [4.69, 9.17) is 4.74 Å². The number of aliphatic hydroxyl groups is 8. The van der Waals surface area contributed by atoms with Gasteiger partial charge < -0.3 is 45.6 Å². The molecule has 1 heterocycles. The van der Waals surface area contributed by atoms with Crippen molar-refractivity contribution in [3.63, 3.8) is 0 Å². The highest BCUT2D eigenvalue weighted by Gasteiger charge is 2.32. The normalized spacial score (nSPS) is 37.5. The van der Waals surface area contributed by atoms with Crippen molar-refractivity contribution in [1.29, 1.82) is 0 Å². The van der Waals surface area contributed by atoms with E-state index in [0.717, 1.165) is 6.42 Å². The number of rotatable bonds is 3. The minimum absolute atomic E-state index is 0.00262. The first-order valence-electron chi connectivity index (χ1n) is 15.3. The Morgan fingerprint density at radius 1 is 0.698 bits per heavy atom. The van der Waals surface area contributed by atoms with E-state index in [2.05, 4.69) is 0 Å². The summed E-state index contributed by atoms with van der Waals surface area (Å²) in [6, 6.07) is 0. The lowest BCUT2D eigenvalue weighted by atomic mass is 9.90. The molecule has 0 spiro atoms. The fraction of sp³-hybridized carbons (Fsp3) is 0.667. The molecule has 0 aromatic heterocycles. The van der Waals surface area contributed by atoms with Gasteiger partial charge in [-0.25, -0.2) is 0 Å². The number of carbonyl (C=O) groups is 1. The van der Waals surface area contributed by atoms with Crippen molar-refractivity contribution in [2.24, 2.45) is 5.92 Å². The Morgan fingerprint density at radius 3 is 1.70 bits per heavy atom. The molecular formula is C33H54O10. The third kappa shape index (κ3) is 17.1. The molecule has 8 N–H and O–H groups in total. The molecule has 0 aromatic rings. The molecule has 0 saturated heterocycles. The topological polar surface area (TPSA) is 188 Å². The van der Waals surface area contributed by atoms with E-state index in [1.807, 2.05) is 6.92 Å². The van der Waals surface area contributed by atoms with Gasteiger partial charge in [0, 0.05) is 12.8 Å². The van der Waals surface area contributed by atoms with E-state index in [1.54, 1.807) is 62.5 Å². The Bertz CT molecular complexity index is 927. The fourth-order valence-electron chi connectivity index (χ4n) is 4.83. The Balaban J connectivity index is 3.06. The molecule has 10 unspecified atom stereocenters. The van der Waals surface area contributed by atoms with Gasteiger partial charge in [0.1, 0.15) is 12.2 Å². The van der Waals surface area contributed by atoms with Crippen molar-refractivity contribution in [1.82, 2.24) is 0 Å². The summed E-state index contributed by atoms with van der Waals surface area (Å²) in [6.07, 6.45) is 6.60. The van der Waals surface area contributed by atoms with Crippen LogP contribution < -0.4 is 0 Å². The highest BCUT2D eigenvalue weighted by molar-refractivity contribution is 5.73. The Hall–Kier alpha value is -2.15. The summed E-state index contributed by atoms with van der Waals surface area (Å²) < 4.78 is 5.45. The second-order valence-corrected chi connectivity index (χ2v) is 11.6. The van der Waals surface area contributed by atoms with Crippen LogP contribution in [0.2, 0.25) is 0 Å². The van der Waals surface area contributed by atoms with Gasteiger partial charge in [0.2, 0.25) is 0 Å². The maximum Gasteiger partial charge on any atom is 0.311 e. The average molecular weight is 611 g/mol. The molecule has 1 aliphatic rings. The van der Waals surface area contributed by atoms with Gasteiger partial charge in [-0.05, 0) is 51.5 Å². The molecule has 10 nitrogen and oxygen atoms in total. The molecule has 0 saturated carbocycles. The van der Waals surface area contributed by atoms with Crippen LogP contribution in [0.25, 0.3) is 0 Å². The van der Waals surface area contributed by atoms with E-state index in [9.17, 15) is 45.6 Å². The maximum absolute atomic E-state index is 12.9. The molecule has 0 bridgehead atoms. The summed E-state index contributed by atoms with van der Waals surface area (Å²) in [6.45, 7) is 5.21. The lowest BCUT2D eigenvalue weighted by molar-refractivity contribution is -0.162. The van der Waals surface area contributed by atoms with Gasteiger partial charge in [0.15, 0.2) is 0 Å². The Kier molecular flexibility index (Phi) is 19.5. The van der Waals surface area contributed by atoms with Gasteiger partial charge in [0.05, 0.1) is 48.6 Å². The smallest absolute Gasteiger partial charge is 0.311 e. The van der Waals surface area contributed by atoms with Crippen LogP contribution in [0.4, 0.5) is 0 Å². The minimum atomic E-state index is -1.25. The number of esters is 1. The van der Waals surface area contributed by atoms with Crippen LogP contribution in [0.1, 0.15) is 78.6 Å². The number of hydrogen-bond acceptors (Lipinski definition) is 10. The van der Waals surface area contributed by atoms with Crippen molar-refractivity contribution >= 4 is 5.97 Å². The van der Waals surface area contributed by atoms with Gasteiger partial charge in [-0.1, -0.05) is 74.4 Å². The van der Waals surface area contributed by atoms with E-state index in [-0.39, 0.29) is 38.5 Å². The van der Waals surface area contributed by atoms with Gasteiger partial charge in [-0.15, -0.1) is 0 Å². The second-order valence-electron chi connectivity index (χ2n) is 11.6. The summed E-state index contributed by atoms with van der Waals surface area (Å²) in [5, 5.41) is 83.5. The molecule has 43 heavy (non-hydrogen) atoms. The summed E-state index contributed by atoms with van der Waals surface area (Å²) >= 11 is 0. The van der Waals surface area contributed by atoms with Crippen molar-refractivity contribution < 1.29 is 50.4 Å². The number of hydrogen-bond donors (Lipinski definition) is 8. The molecule has 1 rings (SSSR count). The molecule has 0 aromatic carbocycles. The molecule has 1 aliphatic heterocycles. The number of ether oxygens (including phenoxy) is 1. The van der Waals surface area contributed by atoms with Gasteiger partial charge in [0.25, 0.3) is 0 Å². The Labute approximate surface area is 256 Å². The molecule has 0 aliphatic carbocycles. The largest absolute Gasteiger partial charge is 0.459 e. The van der Waals surface area contributed by atoms with Crippen LogP contribution in [-0.2, 0) is 9.53 Å². The summed E-state index contributed by atoms with van der Waals surface area (Å²) in [4.78, 5) is 12.9. The van der Waals surface area contributed by atoms with E-state index < -0.39 is 66.8 Å². The predicted molar refractivity (Wildman–Crippen MR) is 165 cm³/mol. The number of unbranched alkanes of at least 4 members (excludes halogenated alkanes) is 1. The average Bonchev–Trinajstić information content (AvgIpc) is 2.90. The van der Waals surface area contributed by atoms with Gasteiger partial charge >= 0.3 is 5.97 Å². The van der Waals surface area contributed by atoms with Crippen LogP contribution in [0.5, 0.6) is 0 Å². The lowest BCUT2D eigenvalue weighted by Gasteiger charge is -2.27. The zero-order valence-electron chi connectivity index (χ0n) is 25.7. The van der Waals surface area contributed by atoms with Crippen LogP contribution >= 0.6 is 0 Å². The fourth-order valence-corrected chi connectivity index (χ4v) is 4.83. The van der Waals surface area contributed by atoms with Crippen molar-refractivity contribution in [2.75, 3.05) is 0 Å². The van der Waals surface area contributed by atoms with Crippen molar-refractivity contribution in [2.45, 2.75) is 133 Å². The highest BCUT2D eigenvalue weighted by atomic mass is 16.6. The quantitative estimate of drug-likeness (QED) is 0.220. The standard InChI is InChI=1S/C33H54O10/c1-4-5-14-29-32(41)21-28(38)19-26(36)17-24(34)16-25(35)18-27(37)20-31(40)22(2)13-11-9-7-6-8-10-12-15-30(39)23(3)43-33(29)42/h6-13,15,23-32,34-41H,4-5,14,16-21H2,1-3H3/b7-6?,10-8-,11-9?,15-12?,22-13-. The number of aliphatic hydroxyl groups excluding tert-OH is 8. The summed E-state index contributed by atoms with van der Waals surface area (Å²) in [7, 11) is 0. The predicted octanol–water partition coefficient (Wildman–Crippen LogP) is 2.14. The number of cyclic esters (lactones) is 1. The third-order valence-electron chi connectivity index (χ3n) is 7.46. The highest BCUT2D eigenvalue weighted by Crippen LogP contribution is 2.23. The molecular weight excluding hydrogens is 556 g/mol. The molecule has 0 radical (unpaired) electrons. The van der Waals surface area contributed by atoms with Crippen LogP contribution in [0.15, 0.2) is 60.3 Å². The zero-order valence-corrected chi connectivity index (χ0v) is 25.7.